The fourth-order valence-corrected chi connectivity index (χ4v) is 3.96. The third-order valence-corrected chi connectivity index (χ3v) is 5.60. The fraction of sp³-hybridized carbons (Fsp3) is 0.200. The van der Waals surface area contributed by atoms with Crippen LogP contribution in [0.5, 0.6) is 5.75 Å². The second kappa shape index (κ2) is 9.95. The molecule has 0 unspecified atom stereocenters. The number of para-hydroxylation sites is 1. The number of nitrogens with one attached hydrogen (secondary N) is 2. The van der Waals surface area contributed by atoms with Crippen molar-refractivity contribution in [2.45, 2.75) is 12.5 Å². The lowest BCUT2D eigenvalue weighted by molar-refractivity contribution is -0.132. The molecule has 2 atom stereocenters. The van der Waals surface area contributed by atoms with Crippen LogP contribution in [0.3, 0.4) is 0 Å². The van der Waals surface area contributed by atoms with E-state index in [9.17, 15) is 14.4 Å². The van der Waals surface area contributed by atoms with Crippen LogP contribution in [0.25, 0.3) is 11.1 Å². The van der Waals surface area contributed by atoms with Crippen molar-refractivity contribution in [1.82, 2.24) is 20.7 Å². The number of rotatable bonds is 6. The SMILES string of the molecule is CN1C(=O)C[C@H](C(=O)NNC(=O)COc2ccccc2-c2ccccc2)[C@H]1c1cccnc1. The van der Waals surface area contributed by atoms with Crippen molar-refractivity contribution in [3.8, 4) is 16.9 Å². The van der Waals surface area contributed by atoms with Gasteiger partial charge in [0, 0.05) is 31.4 Å². The molecule has 0 saturated carbocycles. The summed E-state index contributed by atoms with van der Waals surface area (Å²) in [5.41, 5.74) is 7.41. The van der Waals surface area contributed by atoms with Crippen molar-refractivity contribution in [2.75, 3.05) is 13.7 Å². The molecule has 0 radical (unpaired) electrons. The number of likely N-dealkylation sites (tertiary alicyclic amines) is 1. The Morgan fingerprint density at radius 3 is 2.55 bits per heavy atom. The Bertz CT molecular complexity index is 1140. The first-order valence-electron chi connectivity index (χ1n) is 10.6. The van der Waals surface area contributed by atoms with Gasteiger partial charge in [-0.15, -0.1) is 0 Å². The Morgan fingerprint density at radius 2 is 1.79 bits per heavy atom. The molecule has 8 heteroatoms. The van der Waals surface area contributed by atoms with Gasteiger partial charge in [0.05, 0.1) is 12.0 Å². The lowest BCUT2D eigenvalue weighted by Gasteiger charge is -2.24. The summed E-state index contributed by atoms with van der Waals surface area (Å²) in [4.78, 5) is 43.0. The lowest BCUT2D eigenvalue weighted by atomic mass is 9.94. The Kier molecular flexibility index (Phi) is 6.64. The second-order valence-electron chi connectivity index (χ2n) is 7.73. The molecule has 168 valence electrons. The number of hydrogen-bond donors (Lipinski definition) is 2. The predicted molar refractivity (Wildman–Crippen MR) is 122 cm³/mol. The van der Waals surface area contributed by atoms with Gasteiger partial charge in [-0.25, -0.2) is 0 Å². The Morgan fingerprint density at radius 1 is 1.03 bits per heavy atom. The summed E-state index contributed by atoms with van der Waals surface area (Å²) in [6.07, 6.45) is 3.32. The number of amides is 3. The molecule has 2 N–H and O–H groups in total. The summed E-state index contributed by atoms with van der Waals surface area (Å²) in [5.74, 6) is -1.19. The normalized spacial score (nSPS) is 17.5. The van der Waals surface area contributed by atoms with E-state index < -0.39 is 23.8 Å². The maximum Gasteiger partial charge on any atom is 0.276 e. The zero-order chi connectivity index (χ0) is 23.2. The van der Waals surface area contributed by atoms with Crippen LogP contribution in [0.15, 0.2) is 79.1 Å². The minimum Gasteiger partial charge on any atom is -0.483 e. The average Bonchev–Trinajstić information content (AvgIpc) is 3.16. The number of ether oxygens (including phenoxy) is 1. The maximum absolute atomic E-state index is 12.8. The van der Waals surface area contributed by atoms with Gasteiger partial charge in [0.1, 0.15) is 5.75 Å². The molecule has 1 fully saturated rings. The molecular weight excluding hydrogens is 420 g/mol. The highest BCUT2D eigenvalue weighted by atomic mass is 16.5. The van der Waals surface area contributed by atoms with Gasteiger partial charge >= 0.3 is 0 Å². The second-order valence-corrected chi connectivity index (χ2v) is 7.73. The van der Waals surface area contributed by atoms with Crippen molar-refractivity contribution in [3.63, 3.8) is 0 Å². The quantitative estimate of drug-likeness (QED) is 0.569. The maximum atomic E-state index is 12.8. The van der Waals surface area contributed by atoms with Gasteiger partial charge in [-0.3, -0.25) is 30.2 Å². The minimum absolute atomic E-state index is 0.0543. The molecule has 4 rings (SSSR count). The summed E-state index contributed by atoms with van der Waals surface area (Å²) in [6.45, 7) is -0.278. The van der Waals surface area contributed by atoms with Crippen molar-refractivity contribution < 1.29 is 19.1 Å². The van der Waals surface area contributed by atoms with E-state index in [0.29, 0.717) is 5.75 Å². The number of aromatic nitrogens is 1. The molecule has 2 heterocycles. The smallest absolute Gasteiger partial charge is 0.276 e. The average molecular weight is 444 g/mol. The van der Waals surface area contributed by atoms with E-state index in [-0.39, 0.29) is 18.9 Å². The van der Waals surface area contributed by atoms with Crippen LogP contribution in [-0.2, 0) is 14.4 Å². The van der Waals surface area contributed by atoms with Crippen LogP contribution in [0.4, 0.5) is 0 Å². The zero-order valence-electron chi connectivity index (χ0n) is 18.1. The summed E-state index contributed by atoms with van der Waals surface area (Å²) >= 11 is 0. The summed E-state index contributed by atoms with van der Waals surface area (Å²) < 4.78 is 5.70. The standard InChI is InChI=1S/C25H24N4O4/c1-29-23(31)14-20(24(29)18-10-7-13-26-15-18)25(32)28-27-22(30)16-33-21-12-6-5-11-19(21)17-8-3-2-4-9-17/h2-13,15,20,24H,14,16H2,1H3,(H,27,30)(H,28,32)/t20-,24+/m0/s1. The third kappa shape index (κ3) is 5.01. The van der Waals surface area contributed by atoms with E-state index in [1.54, 1.807) is 31.6 Å². The van der Waals surface area contributed by atoms with Crippen LogP contribution in [0.2, 0.25) is 0 Å². The van der Waals surface area contributed by atoms with Gasteiger partial charge in [0.15, 0.2) is 6.61 Å². The Balaban J connectivity index is 1.35. The monoisotopic (exact) mass is 444 g/mol. The van der Waals surface area contributed by atoms with E-state index in [2.05, 4.69) is 15.8 Å². The topological polar surface area (TPSA) is 101 Å². The van der Waals surface area contributed by atoms with E-state index >= 15 is 0 Å². The Hall–Kier alpha value is -4.20. The number of hydrogen-bond acceptors (Lipinski definition) is 5. The molecule has 33 heavy (non-hydrogen) atoms. The fourth-order valence-electron chi connectivity index (χ4n) is 3.96. The largest absolute Gasteiger partial charge is 0.483 e. The minimum atomic E-state index is -0.647. The predicted octanol–water partition coefficient (Wildman–Crippen LogP) is 2.49. The van der Waals surface area contributed by atoms with Gasteiger partial charge in [0.25, 0.3) is 5.91 Å². The number of pyridine rings is 1. The number of benzene rings is 2. The highest BCUT2D eigenvalue weighted by molar-refractivity contribution is 5.91. The van der Waals surface area contributed by atoms with Crippen molar-refractivity contribution >= 4 is 17.7 Å². The molecule has 3 aromatic rings. The number of nitrogens with zero attached hydrogens (tertiary/aromatic N) is 2. The number of hydrazine groups is 1. The molecule has 1 aromatic heterocycles. The summed E-state index contributed by atoms with van der Waals surface area (Å²) in [7, 11) is 1.66. The van der Waals surface area contributed by atoms with E-state index in [4.69, 9.17) is 4.74 Å². The first kappa shape index (κ1) is 22.0. The highest BCUT2D eigenvalue weighted by Crippen LogP contribution is 2.36. The molecule has 3 amide bonds. The molecule has 2 aromatic carbocycles. The molecular formula is C25H24N4O4. The van der Waals surface area contributed by atoms with Crippen molar-refractivity contribution in [1.29, 1.82) is 0 Å². The lowest BCUT2D eigenvalue weighted by Crippen LogP contribution is -2.47. The van der Waals surface area contributed by atoms with Gasteiger partial charge in [-0.05, 0) is 23.3 Å². The first-order chi connectivity index (χ1) is 16.0. The molecule has 8 nitrogen and oxygen atoms in total. The van der Waals surface area contributed by atoms with Crippen molar-refractivity contribution in [2.24, 2.45) is 5.92 Å². The molecule has 0 spiro atoms. The van der Waals surface area contributed by atoms with E-state index in [1.165, 1.54) is 4.90 Å². The van der Waals surface area contributed by atoms with Crippen molar-refractivity contribution in [3.05, 3.63) is 84.7 Å². The van der Waals surface area contributed by atoms with Crippen LogP contribution >= 0.6 is 0 Å². The molecule has 1 aliphatic heterocycles. The van der Waals surface area contributed by atoms with Crippen LogP contribution in [-0.4, -0.2) is 41.3 Å². The molecule has 1 aliphatic rings. The van der Waals surface area contributed by atoms with E-state index in [0.717, 1.165) is 16.7 Å². The summed E-state index contributed by atoms with van der Waals surface area (Å²) in [5, 5.41) is 0. The molecule has 0 aliphatic carbocycles. The van der Waals surface area contributed by atoms with Crippen LogP contribution < -0.4 is 15.6 Å². The van der Waals surface area contributed by atoms with Crippen LogP contribution in [0.1, 0.15) is 18.0 Å². The number of carbonyl (C=O) groups is 3. The first-order valence-corrected chi connectivity index (χ1v) is 10.6. The van der Waals surface area contributed by atoms with Gasteiger partial charge in [-0.1, -0.05) is 54.6 Å². The van der Waals surface area contributed by atoms with Gasteiger partial charge in [-0.2, -0.15) is 0 Å². The Labute approximate surface area is 191 Å². The van der Waals surface area contributed by atoms with Gasteiger partial charge < -0.3 is 9.64 Å². The number of carbonyl (C=O) groups excluding carboxylic acids is 3. The summed E-state index contributed by atoms with van der Waals surface area (Å²) in [6, 6.07) is 20.3. The molecule has 0 bridgehead atoms. The zero-order valence-corrected chi connectivity index (χ0v) is 18.1. The molecule has 1 saturated heterocycles. The van der Waals surface area contributed by atoms with Crippen LogP contribution in [0, 0.1) is 5.92 Å². The third-order valence-electron chi connectivity index (χ3n) is 5.60. The van der Waals surface area contributed by atoms with E-state index in [1.807, 2.05) is 54.6 Å². The van der Waals surface area contributed by atoms with Gasteiger partial charge in [0.2, 0.25) is 11.8 Å². The highest BCUT2D eigenvalue weighted by Gasteiger charge is 2.42.